The predicted octanol–water partition coefficient (Wildman–Crippen LogP) is 2.84. The summed E-state index contributed by atoms with van der Waals surface area (Å²) < 4.78 is 1.02. The van der Waals surface area contributed by atoms with Crippen molar-refractivity contribution in [1.29, 1.82) is 0 Å². The third kappa shape index (κ3) is 5.66. The highest BCUT2D eigenvalue weighted by molar-refractivity contribution is 5.51. The smallest absolute Gasteiger partial charge is 0.0960 e. The molecule has 2 aromatic carbocycles. The van der Waals surface area contributed by atoms with Crippen LogP contribution < -0.4 is 22.1 Å². The van der Waals surface area contributed by atoms with Crippen LogP contribution in [0.2, 0.25) is 0 Å². The molecule has 2 aromatic rings. The minimum atomic E-state index is 0.795. The average Bonchev–Trinajstić information content (AvgIpc) is 2.58. The van der Waals surface area contributed by atoms with E-state index in [1.807, 2.05) is 48.5 Å². The normalized spacial score (nSPS) is 11.2. The molecule has 5 nitrogen and oxygen atoms in total. The number of nitrogens with one attached hydrogen (secondary N) is 2. The number of hydrogen-bond acceptors (Lipinski definition) is 4. The molecule has 2 rings (SSSR count). The Balaban J connectivity index is 1.75. The van der Waals surface area contributed by atoms with Gasteiger partial charge in [0.1, 0.15) is 0 Å². The van der Waals surface area contributed by atoms with E-state index in [2.05, 4.69) is 24.6 Å². The topological polar surface area (TPSA) is 76.1 Å². The number of anilines is 4. The summed E-state index contributed by atoms with van der Waals surface area (Å²) in [5.41, 5.74) is 15.2. The number of benzene rings is 2. The zero-order valence-electron chi connectivity index (χ0n) is 14.8. The molecular weight excluding hydrogens is 298 g/mol. The molecule has 0 heterocycles. The lowest BCUT2D eigenvalue weighted by atomic mass is 10.2. The first-order chi connectivity index (χ1) is 11.5. The second-order valence-electron chi connectivity index (χ2n) is 6.48. The molecular formula is C19H30N5+. The van der Waals surface area contributed by atoms with Crippen LogP contribution in [0.25, 0.3) is 0 Å². The van der Waals surface area contributed by atoms with Crippen LogP contribution in [0.15, 0.2) is 48.5 Å². The number of likely N-dealkylation sites (N-methyl/N-ethyl adjacent to an activating group) is 1. The molecule has 0 aliphatic rings. The first kappa shape index (κ1) is 17.9. The number of quaternary nitrogens is 1. The van der Waals surface area contributed by atoms with Crippen LogP contribution in [0.5, 0.6) is 0 Å². The number of rotatable bonds is 9. The monoisotopic (exact) mass is 328 g/mol. The van der Waals surface area contributed by atoms with Crippen LogP contribution >= 0.6 is 0 Å². The van der Waals surface area contributed by atoms with Gasteiger partial charge in [-0.25, -0.2) is 0 Å². The summed E-state index contributed by atoms with van der Waals surface area (Å²) in [5.74, 6) is 0. The Morgan fingerprint density at radius 1 is 0.750 bits per heavy atom. The molecule has 0 aliphatic heterocycles. The summed E-state index contributed by atoms with van der Waals surface area (Å²) in [6.45, 7) is 7.38. The molecule has 0 aliphatic carbocycles. The van der Waals surface area contributed by atoms with E-state index in [-0.39, 0.29) is 0 Å². The van der Waals surface area contributed by atoms with E-state index < -0.39 is 0 Å². The van der Waals surface area contributed by atoms with Crippen molar-refractivity contribution >= 4 is 22.7 Å². The second kappa shape index (κ2) is 8.45. The van der Waals surface area contributed by atoms with Crippen molar-refractivity contribution in [2.75, 3.05) is 61.9 Å². The Labute approximate surface area is 145 Å². The van der Waals surface area contributed by atoms with Crippen LogP contribution in [0.4, 0.5) is 22.7 Å². The summed E-state index contributed by atoms with van der Waals surface area (Å²) in [7, 11) is 2.30. The standard InChI is InChI=1S/C19H30N5/c1-3-24(2,14-12-22-18-8-4-16(20)5-9-18)15-13-23-19-10-6-17(21)7-11-19/h4-11,22-23H,3,12-15,20-21H2,1-2H3/q+1. The van der Waals surface area contributed by atoms with Crippen molar-refractivity contribution < 1.29 is 4.48 Å². The van der Waals surface area contributed by atoms with Gasteiger partial charge in [-0.05, 0) is 55.5 Å². The SMILES string of the molecule is CC[N+](C)(CCNc1ccc(N)cc1)CCNc1ccc(N)cc1. The molecule has 0 saturated carbocycles. The minimum absolute atomic E-state index is 0.795. The lowest BCUT2D eigenvalue weighted by molar-refractivity contribution is -0.904. The van der Waals surface area contributed by atoms with Gasteiger partial charge in [0.15, 0.2) is 0 Å². The van der Waals surface area contributed by atoms with E-state index in [4.69, 9.17) is 11.5 Å². The Morgan fingerprint density at radius 3 is 1.46 bits per heavy atom. The number of nitrogens with zero attached hydrogens (tertiary/aromatic N) is 1. The van der Waals surface area contributed by atoms with E-state index in [0.29, 0.717) is 0 Å². The molecule has 0 radical (unpaired) electrons. The Hall–Kier alpha value is -2.40. The van der Waals surface area contributed by atoms with Crippen LogP contribution in [-0.4, -0.2) is 44.3 Å². The van der Waals surface area contributed by atoms with Gasteiger partial charge < -0.3 is 26.6 Å². The van der Waals surface area contributed by atoms with E-state index in [1.165, 1.54) is 0 Å². The molecule has 0 aromatic heterocycles. The molecule has 0 unspecified atom stereocenters. The van der Waals surface area contributed by atoms with Gasteiger partial charge in [0.05, 0.1) is 39.8 Å². The summed E-state index contributed by atoms with van der Waals surface area (Å²) in [6, 6.07) is 15.8. The fourth-order valence-electron chi connectivity index (χ4n) is 2.57. The largest absolute Gasteiger partial charge is 0.399 e. The van der Waals surface area contributed by atoms with Gasteiger partial charge in [0, 0.05) is 22.7 Å². The maximum atomic E-state index is 5.71. The van der Waals surface area contributed by atoms with E-state index in [9.17, 15) is 0 Å². The number of hydrogen-bond donors (Lipinski definition) is 4. The van der Waals surface area contributed by atoms with Crippen molar-refractivity contribution in [3.05, 3.63) is 48.5 Å². The predicted molar refractivity (Wildman–Crippen MR) is 105 cm³/mol. The van der Waals surface area contributed by atoms with Gasteiger partial charge in [-0.15, -0.1) is 0 Å². The Kier molecular flexibility index (Phi) is 6.32. The lowest BCUT2D eigenvalue weighted by Crippen LogP contribution is -2.49. The van der Waals surface area contributed by atoms with Gasteiger partial charge in [0.25, 0.3) is 0 Å². The summed E-state index contributed by atoms with van der Waals surface area (Å²) >= 11 is 0. The number of nitrogen functional groups attached to an aromatic ring is 2. The fraction of sp³-hybridized carbons (Fsp3) is 0.368. The first-order valence-corrected chi connectivity index (χ1v) is 8.53. The van der Waals surface area contributed by atoms with Crippen molar-refractivity contribution in [2.45, 2.75) is 6.92 Å². The highest BCUT2D eigenvalue weighted by atomic mass is 15.3. The summed E-state index contributed by atoms with van der Waals surface area (Å²) in [4.78, 5) is 0. The Bertz CT molecular complexity index is 555. The molecule has 24 heavy (non-hydrogen) atoms. The second-order valence-corrected chi connectivity index (χ2v) is 6.48. The summed E-state index contributed by atoms with van der Waals surface area (Å²) in [5, 5.41) is 6.94. The van der Waals surface area contributed by atoms with Crippen LogP contribution in [-0.2, 0) is 0 Å². The van der Waals surface area contributed by atoms with Gasteiger partial charge in [0.2, 0.25) is 0 Å². The van der Waals surface area contributed by atoms with Crippen LogP contribution in [0, 0.1) is 0 Å². The molecule has 130 valence electrons. The highest BCUT2D eigenvalue weighted by Crippen LogP contribution is 2.12. The number of nitrogens with two attached hydrogens (primary N) is 2. The molecule has 0 saturated heterocycles. The van der Waals surface area contributed by atoms with Gasteiger partial charge >= 0.3 is 0 Å². The lowest BCUT2D eigenvalue weighted by Gasteiger charge is -2.34. The molecule has 0 atom stereocenters. The fourth-order valence-corrected chi connectivity index (χ4v) is 2.57. The molecule has 0 bridgehead atoms. The molecule has 0 fully saturated rings. The molecule has 5 heteroatoms. The van der Waals surface area contributed by atoms with Crippen molar-refractivity contribution in [3.63, 3.8) is 0 Å². The molecule has 6 N–H and O–H groups in total. The molecule has 0 amide bonds. The first-order valence-electron chi connectivity index (χ1n) is 8.53. The van der Waals surface area contributed by atoms with E-state index >= 15 is 0 Å². The van der Waals surface area contributed by atoms with Crippen molar-refractivity contribution in [2.24, 2.45) is 0 Å². The summed E-state index contributed by atoms with van der Waals surface area (Å²) in [6.07, 6.45) is 0. The highest BCUT2D eigenvalue weighted by Gasteiger charge is 2.18. The zero-order chi connectivity index (χ0) is 17.4. The zero-order valence-corrected chi connectivity index (χ0v) is 14.8. The maximum Gasteiger partial charge on any atom is 0.0960 e. The van der Waals surface area contributed by atoms with Crippen LogP contribution in [0.1, 0.15) is 6.92 Å². The Morgan fingerprint density at radius 2 is 1.12 bits per heavy atom. The van der Waals surface area contributed by atoms with Crippen LogP contribution in [0.3, 0.4) is 0 Å². The maximum absolute atomic E-state index is 5.71. The van der Waals surface area contributed by atoms with E-state index in [1.54, 1.807) is 0 Å². The van der Waals surface area contributed by atoms with Crippen molar-refractivity contribution in [1.82, 2.24) is 0 Å². The average molecular weight is 328 g/mol. The van der Waals surface area contributed by atoms with E-state index in [0.717, 1.165) is 60.0 Å². The van der Waals surface area contributed by atoms with Crippen molar-refractivity contribution in [3.8, 4) is 0 Å². The third-order valence-corrected chi connectivity index (χ3v) is 4.55. The van der Waals surface area contributed by atoms with Gasteiger partial charge in [-0.3, -0.25) is 0 Å². The quantitative estimate of drug-likeness (QED) is 0.422. The third-order valence-electron chi connectivity index (χ3n) is 4.55. The minimum Gasteiger partial charge on any atom is -0.399 e. The van der Waals surface area contributed by atoms with Gasteiger partial charge in [-0.1, -0.05) is 0 Å². The molecule has 0 spiro atoms. The van der Waals surface area contributed by atoms with Gasteiger partial charge in [-0.2, -0.15) is 0 Å².